The van der Waals surface area contributed by atoms with Gasteiger partial charge in [0.05, 0.1) is 20.3 Å². The second-order valence-corrected chi connectivity index (χ2v) is 6.20. The molecule has 0 fully saturated rings. The minimum absolute atomic E-state index is 0.342. The number of anilines is 1. The number of nitrogens with one attached hydrogen (secondary N) is 2. The molecule has 146 valence electrons. The van der Waals surface area contributed by atoms with Crippen LogP contribution in [0.5, 0.6) is 17.2 Å². The molecule has 0 unspecified atom stereocenters. The summed E-state index contributed by atoms with van der Waals surface area (Å²) in [5, 5.41) is 16.5. The van der Waals surface area contributed by atoms with Crippen LogP contribution >= 0.6 is 0 Å². The van der Waals surface area contributed by atoms with E-state index in [0.717, 1.165) is 28.9 Å². The van der Waals surface area contributed by atoms with Crippen molar-refractivity contribution in [2.24, 2.45) is 4.99 Å². The standard InChI is InChI=1S/C21H29N3O3/c1-6-22-21(23-13-16-10-14(3)20(25)15(4)11-16)24-17-8-9-18(26-5)19(12-17)27-7-2/h8-12,25H,6-7,13H2,1-5H3,(H2,22,23,24). The third-order valence-electron chi connectivity index (χ3n) is 4.04. The van der Waals surface area contributed by atoms with Crippen LogP contribution in [-0.2, 0) is 6.54 Å². The van der Waals surface area contributed by atoms with Crippen LogP contribution in [0.1, 0.15) is 30.5 Å². The molecular formula is C21H29N3O3. The van der Waals surface area contributed by atoms with E-state index in [0.29, 0.717) is 36.4 Å². The van der Waals surface area contributed by atoms with Crippen molar-refractivity contribution in [3.63, 3.8) is 0 Å². The van der Waals surface area contributed by atoms with Gasteiger partial charge in [-0.3, -0.25) is 0 Å². The number of rotatable bonds is 7. The summed E-state index contributed by atoms with van der Waals surface area (Å²) in [6.45, 7) is 9.56. The fourth-order valence-corrected chi connectivity index (χ4v) is 2.77. The maximum atomic E-state index is 9.92. The fourth-order valence-electron chi connectivity index (χ4n) is 2.77. The van der Waals surface area contributed by atoms with Crippen molar-refractivity contribution < 1.29 is 14.6 Å². The van der Waals surface area contributed by atoms with Crippen molar-refractivity contribution in [1.29, 1.82) is 0 Å². The molecule has 6 heteroatoms. The van der Waals surface area contributed by atoms with Crippen molar-refractivity contribution >= 4 is 11.6 Å². The van der Waals surface area contributed by atoms with Gasteiger partial charge in [-0.15, -0.1) is 0 Å². The predicted molar refractivity (Wildman–Crippen MR) is 110 cm³/mol. The molecule has 2 rings (SSSR count). The van der Waals surface area contributed by atoms with Gasteiger partial charge in [0.2, 0.25) is 0 Å². The largest absolute Gasteiger partial charge is 0.507 e. The minimum Gasteiger partial charge on any atom is -0.507 e. The van der Waals surface area contributed by atoms with Gasteiger partial charge in [-0.25, -0.2) is 4.99 Å². The van der Waals surface area contributed by atoms with Gasteiger partial charge in [0.1, 0.15) is 5.75 Å². The summed E-state index contributed by atoms with van der Waals surface area (Å²) in [6.07, 6.45) is 0. The van der Waals surface area contributed by atoms with E-state index in [4.69, 9.17) is 9.47 Å². The molecule has 0 saturated heterocycles. The minimum atomic E-state index is 0.342. The Kier molecular flexibility index (Phi) is 7.34. The lowest BCUT2D eigenvalue weighted by Crippen LogP contribution is -2.30. The monoisotopic (exact) mass is 371 g/mol. The Bertz CT molecular complexity index is 780. The number of aromatic hydroxyl groups is 1. The van der Waals surface area contributed by atoms with Gasteiger partial charge >= 0.3 is 0 Å². The highest BCUT2D eigenvalue weighted by Gasteiger charge is 2.08. The Balaban J connectivity index is 2.19. The van der Waals surface area contributed by atoms with E-state index in [1.807, 2.05) is 58.0 Å². The van der Waals surface area contributed by atoms with Crippen molar-refractivity contribution in [3.8, 4) is 17.2 Å². The van der Waals surface area contributed by atoms with E-state index in [2.05, 4.69) is 15.6 Å². The Morgan fingerprint density at radius 2 is 1.78 bits per heavy atom. The van der Waals surface area contributed by atoms with Crippen LogP contribution in [0.25, 0.3) is 0 Å². The lowest BCUT2D eigenvalue weighted by atomic mass is 10.1. The highest BCUT2D eigenvalue weighted by Crippen LogP contribution is 2.30. The first-order chi connectivity index (χ1) is 13.0. The lowest BCUT2D eigenvalue weighted by Gasteiger charge is -2.14. The quantitative estimate of drug-likeness (QED) is 0.507. The van der Waals surface area contributed by atoms with Crippen molar-refractivity contribution in [2.45, 2.75) is 34.2 Å². The van der Waals surface area contributed by atoms with E-state index in [9.17, 15) is 5.11 Å². The number of phenols is 1. The summed E-state index contributed by atoms with van der Waals surface area (Å²) in [5.74, 6) is 2.40. The Morgan fingerprint density at radius 1 is 1.07 bits per heavy atom. The van der Waals surface area contributed by atoms with Crippen LogP contribution in [0, 0.1) is 13.8 Å². The first kappa shape index (κ1) is 20.4. The van der Waals surface area contributed by atoms with Crippen LogP contribution in [0.3, 0.4) is 0 Å². The van der Waals surface area contributed by atoms with E-state index in [1.165, 1.54) is 0 Å². The van der Waals surface area contributed by atoms with Crippen molar-refractivity contribution in [1.82, 2.24) is 5.32 Å². The number of benzene rings is 2. The topological polar surface area (TPSA) is 75.1 Å². The summed E-state index contributed by atoms with van der Waals surface area (Å²) >= 11 is 0. The summed E-state index contributed by atoms with van der Waals surface area (Å²) in [4.78, 5) is 4.65. The fraction of sp³-hybridized carbons (Fsp3) is 0.381. The molecule has 3 N–H and O–H groups in total. The SMILES string of the molecule is CCNC(=NCc1cc(C)c(O)c(C)c1)Nc1ccc(OC)c(OCC)c1. The van der Waals surface area contributed by atoms with Crippen LogP contribution in [0.15, 0.2) is 35.3 Å². The Labute approximate surface area is 161 Å². The first-order valence-corrected chi connectivity index (χ1v) is 9.13. The first-order valence-electron chi connectivity index (χ1n) is 9.13. The van der Waals surface area contributed by atoms with E-state index in [1.54, 1.807) is 7.11 Å². The zero-order chi connectivity index (χ0) is 19.8. The smallest absolute Gasteiger partial charge is 0.196 e. The van der Waals surface area contributed by atoms with Gasteiger partial charge in [-0.05, 0) is 56.5 Å². The van der Waals surface area contributed by atoms with Crippen LogP contribution in [0.2, 0.25) is 0 Å². The second-order valence-electron chi connectivity index (χ2n) is 6.20. The summed E-state index contributed by atoms with van der Waals surface area (Å²) < 4.78 is 11.0. The van der Waals surface area contributed by atoms with Gasteiger partial charge in [0, 0.05) is 18.3 Å². The summed E-state index contributed by atoms with van der Waals surface area (Å²) in [7, 11) is 1.62. The van der Waals surface area contributed by atoms with Gasteiger partial charge in [-0.2, -0.15) is 0 Å². The molecule has 0 heterocycles. The molecule has 0 spiro atoms. The molecule has 0 amide bonds. The summed E-state index contributed by atoms with van der Waals surface area (Å²) in [5.41, 5.74) is 3.62. The summed E-state index contributed by atoms with van der Waals surface area (Å²) in [6, 6.07) is 9.59. The number of nitrogens with zero attached hydrogens (tertiary/aromatic N) is 1. The highest BCUT2D eigenvalue weighted by atomic mass is 16.5. The number of phenolic OH excluding ortho intramolecular Hbond substituents is 1. The molecule has 0 bridgehead atoms. The Morgan fingerprint density at radius 3 is 2.37 bits per heavy atom. The third kappa shape index (κ3) is 5.54. The number of ether oxygens (including phenoxy) is 2. The zero-order valence-corrected chi connectivity index (χ0v) is 16.7. The maximum Gasteiger partial charge on any atom is 0.196 e. The zero-order valence-electron chi connectivity index (χ0n) is 16.7. The van der Waals surface area contributed by atoms with Gasteiger partial charge in [0.25, 0.3) is 0 Å². The molecule has 0 aliphatic rings. The molecule has 27 heavy (non-hydrogen) atoms. The number of guanidine groups is 1. The predicted octanol–water partition coefficient (Wildman–Crippen LogP) is 3.99. The molecule has 0 radical (unpaired) electrons. The maximum absolute atomic E-state index is 9.92. The molecule has 2 aromatic carbocycles. The average Bonchev–Trinajstić information content (AvgIpc) is 2.65. The molecule has 0 saturated carbocycles. The number of methoxy groups -OCH3 is 1. The number of aryl methyl sites for hydroxylation is 2. The van der Waals surface area contributed by atoms with Crippen LogP contribution in [0.4, 0.5) is 5.69 Å². The van der Waals surface area contributed by atoms with Gasteiger partial charge in [0.15, 0.2) is 17.5 Å². The van der Waals surface area contributed by atoms with Crippen LogP contribution < -0.4 is 20.1 Å². The molecule has 6 nitrogen and oxygen atoms in total. The third-order valence-corrected chi connectivity index (χ3v) is 4.04. The van der Waals surface area contributed by atoms with Crippen molar-refractivity contribution in [2.75, 3.05) is 25.6 Å². The van der Waals surface area contributed by atoms with Crippen molar-refractivity contribution in [3.05, 3.63) is 47.0 Å². The van der Waals surface area contributed by atoms with E-state index in [-0.39, 0.29) is 0 Å². The molecule has 0 aromatic heterocycles. The molecular weight excluding hydrogens is 342 g/mol. The lowest BCUT2D eigenvalue weighted by molar-refractivity contribution is 0.311. The van der Waals surface area contributed by atoms with Gasteiger partial charge < -0.3 is 25.2 Å². The van der Waals surface area contributed by atoms with Gasteiger partial charge in [-0.1, -0.05) is 12.1 Å². The molecule has 0 aliphatic carbocycles. The average molecular weight is 371 g/mol. The van der Waals surface area contributed by atoms with E-state index < -0.39 is 0 Å². The Hall–Kier alpha value is -2.89. The number of hydrogen-bond acceptors (Lipinski definition) is 4. The normalized spacial score (nSPS) is 11.2. The number of hydrogen-bond donors (Lipinski definition) is 3. The highest BCUT2D eigenvalue weighted by molar-refractivity contribution is 5.93. The van der Waals surface area contributed by atoms with E-state index >= 15 is 0 Å². The second kappa shape index (κ2) is 9.71. The number of aliphatic imine (C=N–C) groups is 1. The molecule has 0 aliphatic heterocycles. The van der Waals surface area contributed by atoms with Crippen LogP contribution in [-0.4, -0.2) is 31.3 Å². The molecule has 2 aromatic rings. The molecule has 0 atom stereocenters.